The van der Waals surface area contributed by atoms with E-state index in [4.69, 9.17) is 0 Å². The van der Waals surface area contributed by atoms with E-state index in [1.54, 1.807) is 12.1 Å². The molecule has 0 aliphatic heterocycles. The molecule has 0 heterocycles. The molecule has 2 N–H and O–H groups in total. The second-order valence-electron chi connectivity index (χ2n) is 4.95. The van der Waals surface area contributed by atoms with Gasteiger partial charge in [0, 0.05) is 16.4 Å². The summed E-state index contributed by atoms with van der Waals surface area (Å²) in [5, 5.41) is 5.92. The van der Waals surface area contributed by atoms with Gasteiger partial charge in [0.25, 0.3) is 0 Å². The Morgan fingerprint density at radius 1 is 1.32 bits per heavy atom. The van der Waals surface area contributed by atoms with Gasteiger partial charge in [-0.3, -0.25) is 4.79 Å². The van der Waals surface area contributed by atoms with Crippen molar-refractivity contribution in [2.24, 2.45) is 5.92 Å². The first-order valence-electron chi connectivity index (χ1n) is 6.53. The molecule has 0 saturated heterocycles. The first-order chi connectivity index (χ1) is 9.10. The number of anilines is 1. The molecule has 104 valence electrons. The molecule has 0 bridgehead atoms. The minimum atomic E-state index is -0.402. The standard InChI is InChI=1S/C14H18BrFN2O/c1-17-11-5-2-9(3-6-11)14(19)18-13-8-10(15)4-7-12(13)16/h4,7-9,11,17H,2-3,5-6H2,1H3,(H,18,19). The van der Waals surface area contributed by atoms with Crippen LogP contribution in [-0.2, 0) is 4.79 Å². The van der Waals surface area contributed by atoms with Crippen molar-refractivity contribution in [2.75, 3.05) is 12.4 Å². The Morgan fingerprint density at radius 3 is 2.63 bits per heavy atom. The van der Waals surface area contributed by atoms with E-state index in [2.05, 4.69) is 26.6 Å². The fraction of sp³-hybridized carbons (Fsp3) is 0.500. The number of halogens is 2. The molecule has 1 amide bonds. The normalized spacial score (nSPS) is 23.1. The number of rotatable bonds is 3. The molecule has 0 aromatic heterocycles. The van der Waals surface area contributed by atoms with Crippen LogP contribution in [-0.4, -0.2) is 19.0 Å². The SMILES string of the molecule is CNC1CCC(C(=O)Nc2cc(Br)ccc2F)CC1. The molecule has 0 unspecified atom stereocenters. The number of carbonyl (C=O) groups excluding carboxylic acids is 1. The minimum Gasteiger partial charge on any atom is -0.323 e. The Labute approximate surface area is 121 Å². The number of carbonyl (C=O) groups is 1. The summed E-state index contributed by atoms with van der Waals surface area (Å²) in [6, 6.07) is 5.05. The van der Waals surface area contributed by atoms with Gasteiger partial charge in [-0.2, -0.15) is 0 Å². The maximum absolute atomic E-state index is 13.6. The Balaban J connectivity index is 1.96. The molecule has 0 atom stereocenters. The van der Waals surface area contributed by atoms with Crippen LogP contribution in [0.4, 0.5) is 10.1 Å². The summed E-state index contributed by atoms with van der Waals surface area (Å²) in [4.78, 5) is 12.1. The molecule has 1 aliphatic rings. The zero-order valence-electron chi connectivity index (χ0n) is 10.9. The van der Waals surface area contributed by atoms with Gasteiger partial charge in [0.2, 0.25) is 5.91 Å². The fourth-order valence-corrected chi connectivity index (χ4v) is 2.83. The first kappa shape index (κ1) is 14.5. The number of hydrogen-bond acceptors (Lipinski definition) is 2. The molecule has 3 nitrogen and oxygen atoms in total. The lowest BCUT2D eigenvalue weighted by Crippen LogP contribution is -2.34. The second kappa shape index (κ2) is 6.48. The van der Waals surface area contributed by atoms with Crippen molar-refractivity contribution in [1.29, 1.82) is 0 Å². The van der Waals surface area contributed by atoms with E-state index in [-0.39, 0.29) is 17.5 Å². The average Bonchev–Trinajstić information content (AvgIpc) is 2.43. The summed E-state index contributed by atoms with van der Waals surface area (Å²) >= 11 is 3.27. The van der Waals surface area contributed by atoms with Gasteiger partial charge in [0.05, 0.1) is 5.69 Å². The van der Waals surface area contributed by atoms with Gasteiger partial charge in [-0.25, -0.2) is 4.39 Å². The topological polar surface area (TPSA) is 41.1 Å². The zero-order valence-corrected chi connectivity index (χ0v) is 12.5. The third-order valence-electron chi connectivity index (χ3n) is 3.69. The van der Waals surface area contributed by atoms with Crippen molar-refractivity contribution in [3.63, 3.8) is 0 Å². The van der Waals surface area contributed by atoms with Crippen LogP contribution in [0.15, 0.2) is 22.7 Å². The molecular formula is C14H18BrFN2O. The van der Waals surface area contributed by atoms with Crippen molar-refractivity contribution in [3.8, 4) is 0 Å². The summed E-state index contributed by atoms with van der Waals surface area (Å²) in [6.45, 7) is 0. The fourth-order valence-electron chi connectivity index (χ4n) is 2.47. The lowest BCUT2D eigenvalue weighted by molar-refractivity contribution is -0.120. The van der Waals surface area contributed by atoms with Crippen LogP contribution in [0, 0.1) is 11.7 Å². The highest BCUT2D eigenvalue weighted by Crippen LogP contribution is 2.26. The highest BCUT2D eigenvalue weighted by Gasteiger charge is 2.25. The van der Waals surface area contributed by atoms with Crippen molar-refractivity contribution >= 4 is 27.5 Å². The molecule has 0 spiro atoms. The predicted octanol–water partition coefficient (Wildman–Crippen LogP) is 3.30. The molecule has 1 aromatic carbocycles. The molecule has 1 aliphatic carbocycles. The largest absolute Gasteiger partial charge is 0.323 e. The average molecular weight is 329 g/mol. The van der Waals surface area contributed by atoms with Crippen molar-refractivity contribution in [3.05, 3.63) is 28.5 Å². The van der Waals surface area contributed by atoms with Gasteiger partial charge in [0.15, 0.2) is 0 Å². The zero-order chi connectivity index (χ0) is 13.8. The van der Waals surface area contributed by atoms with Crippen LogP contribution >= 0.6 is 15.9 Å². The summed E-state index contributed by atoms with van der Waals surface area (Å²) < 4.78 is 14.3. The lowest BCUT2D eigenvalue weighted by Gasteiger charge is -2.27. The van der Waals surface area contributed by atoms with E-state index >= 15 is 0 Å². The lowest BCUT2D eigenvalue weighted by atomic mass is 9.85. The maximum Gasteiger partial charge on any atom is 0.227 e. The van der Waals surface area contributed by atoms with Crippen LogP contribution in [0.2, 0.25) is 0 Å². The minimum absolute atomic E-state index is 0.0111. The van der Waals surface area contributed by atoms with E-state index in [0.29, 0.717) is 6.04 Å². The Hall–Kier alpha value is -0.940. The molecule has 5 heteroatoms. The van der Waals surface area contributed by atoms with E-state index in [0.717, 1.165) is 30.2 Å². The van der Waals surface area contributed by atoms with Crippen molar-refractivity contribution in [1.82, 2.24) is 5.32 Å². The molecule has 1 aromatic rings. The van der Waals surface area contributed by atoms with Gasteiger partial charge in [-0.15, -0.1) is 0 Å². The summed E-state index contributed by atoms with van der Waals surface area (Å²) in [5.74, 6) is -0.491. The van der Waals surface area contributed by atoms with Crippen molar-refractivity contribution in [2.45, 2.75) is 31.7 Å². The number of benzene rings is 1. The van der Waals surface area contributed by atoms with E-state index < -0.39 is 5.82 Å². The monoisotopic (exact) mass is 328 g/mol. The van der Waals surface area contributed by atoms with Gasteiger partial charge >= 0.3 is 0 Å². The Morgan fingerprint density at radius 2 is 2.00 bits per heavy atom. The Kier molecular flexibility index (Phi) is 4.93. The highest BCUT2D eigenvalue weighted by molar-refractivity contribution is 9.10. The van der Waals surface area contributed by atoms with Crippen LogP contribution in [0.1, 0.15) is 25.7 Å². The van der Waals surface area contributed by atoms with Crippen LogP contribution < -0.4 is 10.6 Å². The number of hydrogen-bond donors (Lipinski definition) is 2. The maximum atomic E-state index is 13.6. The molecular weight excluding hydrogens is 311 g/mol. The van der Waals surface area contributed by atoms with E-state index in [9.17, 15) is 9.18 Å². The molecule has 2 rings (SSSR count). The van der Waals surface area contributed by atoms with Crippen LogP contribution in [0.25, 0.3) is 0 Å². The van der Waals surface area contributed by atoms with Crippen molar-refractivity contribution < 1.29 is 9.18 Å². The van der Waals surface area contributed by atoms with Crippen LogP contribution in [0.3, 0.4) is 0 Å². The third-order valence-corrected chi connectivity index (χ3v) is 4.19. The summed E-state index contributed by atoms with van der Waals surface area (Å²) in [6.07, 6.45) is 3.70. The number of nitrogens with one attached hydrogen (secondary N) is 2. The van der Waals surface area contributed by atoms with Gasteiger partial charge in [-0.1, -0.05) is 15.9 Å². The van der Waals surface area contributed by atoms with Gasteiger partial charge < -0.3 is 10.6 Å². The van der Waals surface area contributed by atoms with Crippen LogP contribution in [0.5, 0.6) is 0 Å². The van der Waals surface area contributed by atoms with E-state index in [1.165, 1.54) is 6.07 Å². The van der Waals surface area contributed by atoms with Gasteiger partial charge in [-0.05, 0) is 50.9 Å². The highest BCUT2D eigenvalue weighted by atomic mass is 79.9. The second-order valence-corrected chi connectivity index (χ2v) is 5.87. The third kappa shape index (κ3) is 3.76. The van der Waals surface area contributed by atoms with E-state index in [1.807, 2.05) is 7.05 Å². The Bertz CT molecular complexity index is 459. The molecule has 19 heavy (non-hydrogen) atoms. The molecule has 1 fully saturated rings. The van der Waals surface area contributed by atoms with Gasteiger partial charge in [0.1, 0.15) is 5.82 Å². The first-order valence-corrected chi connectivity index (χ1v) is 7.32. The smallest absolute Gasteiger partial charge is 0.227 e. The predicted molar refractivity (Wildman–Crippen MR) is 77.5 cm³/mol. The quantitative estimate of drug-likeness (QED) is 0.893. The number of amides is 1. The summed E-state index contributed by atoms with van der Waals surface area (Å²) in [5.41, 5.74) is 0.245. The molecule has 1 saturated carbocycles. The summed E-state index contributed by atoms with van der Waals surface area (Å²) in [7, 11) is 1.95. The molecule has 0 radical (unpaired) electrons.